The minimum Gasteiger partial charge on any atom is -0.337 e. The zero-order chi connectivity index (χ0) is 17.6. The molecule has 3 aromatic rings. The van der Waals surface area contributed by atoms with Crippen LogP contribution in [0.25, 0.3) is 11.3 Å². The summed E-state index contributed by atoms with van der Waals surface area (Å²) in [5.74, 6) is 0.515. The molecule has 2 N–H and O–H groups in total. The lowest BCUT2D eigenvalue weighted by molar-refractivity contribution is 0.252. The topological polar surface area (TPSA) is 59.0 Å². The molecule has 2 aromatic carbocycles. The zero-order valence-electron chi connectivity index (χ0n) is 13.9. The zero-order valence-corrected chi connectivity index (χ0v) is 14.6. The molecule has 6 heteroatoms. The Hall–Kier alpha value is -2.79. The van der Waals surface area contributed by atoms with Crippen LogP contribution in [0.3, 0.4) is 0 Å². The van der Waals surface area contributed by atoms with Gasteiger partial charge in [-0.05, 0) is 29.7 Å². The summed E-state index contributed by atoms with van der Waals surface area (Å²) in [5.41, 5.74) is 3.07. The van der Waals surface area contributed by atoms with Gasteiger partial charge < -0.3 is 5.32 Å². The van der Waals surface area contributed by atoms with Gasteiger partial charge in [0.05, 0.1) is 5.69 Å². The molecule has 0 aliphatic carbocycles. The number of nitrogens with zero attached hydrogens (tertiary/aromatic N) is 2. The molecule has 0 atom stereocenters. The molecule has 0 spiro atoms. The van der Waals surface area contributed by atoms with Crippen LogP contribution in [-0.2, 0) is 13.5 Å². The van der Waals surface area contributed by atoms with Crippen LogP contribution in [0, 0.1) is 0 Å². The molecule has 0 fully saturated rings. The Balaban J connectivity index is 1.55. The quantitative estimate of drug-likeness (QED) is 0.724. The second kappa shape index (κ2) is 7.85. The Bertz CT molecular complexity index is 861. The molecule has 25 heavy (non-hydrogen) atoms. The van der Waals surface area contributed by atoms with E-state index in [1.54, 1.807) is 4.68 Å². The van der Waals surface area contributed by atoms with E-state index in [0.717, 1.165) is 16.8 Å². The average molecular weight is 355 g/mol. The number of carbonyl (C=O) groups excluding carboxylic acids is 1. The van der Waals surface area contributed by atoms with Crippen molar-refractivity contribution in [3.05, 3.63) is 71.2 Å². The van der Waals surface area contributed by atoms with Gasteiger partial charge in [0.1, 0.15) is 0 Å². The summed E-state index contributed by atoms with van der Waals surface area (Å²) in [7, 11) is 1.85. The number of hydrogen-bond donors (Lipinski definition) is 2. The number of urea groups is 1. The fourth-order valence-electron chi connectivity index (χ4n) is 2.58. The second-order valence-electron chi connectivity index (χ2n) is 5.67. The van der Waals surface area contributed by atoms with Gasteiger partial charge in [-0.2, -0.15) is 5.10 Å². The first-order valence-electron chi connectivity index (χ1n) is 8.00. The van der Waals surface area contributed by atoms with Gasteiger partial charge in [0.15, 0.2) is 5.82 Å². The maximum atomic E-state index is 12.0. The van der Waals surface area contributed by atoms with Crippen molar-refractivity contribution in [3.63, 3.8) is 0 Å². The second-order valence-corrected chi connectivity index (χ2v) is 6.10. The van der Waals surface area contributed by atoms with Crippen LogP contribution in [0.2, 0.25) is 5.02 Å². The average Bonchev–Trinajstić information content (AvgIpc) is 2.96. The molecule has 128 valence electrons. The predicted molar refractivity (Wildman–Crippen MR) is 101 cm³/mol. The highest BCUT2D eigenvalue weighted by Gasteiger charge is 2.09. The van der Waals surface area contributed by atoms with Crippen LogP contribution in [0.5, 0.6) is 0 Å². The Labute approximate surface area is 151 Å². The van der Waals surface area contributed by atoms with E-state index in [0.29, 0.717) is 23.8 Å². The molecule has 0 aliphatic heterocycles. The molecule has 1 heterocycles. The maximum absolute atomic E-state index is 12.0. The Morgan fingerprint density at radius 2 is 1.92 bits per heavy atom. The lowest BCUT2D eigenvalue weighted by Gasteiger charge is -2.06. The standard InChI is InChI=1S/C19H19ClN4O/c1-24-17(15-7-3-2-4-8-15)13-18(23-24)22-19(25)21-11-10-14-6-5-9-16(20)12-14/h2-9,12-13H,10-11H2,1H3,(H2,21,22,23,25). The van der Waals surface area contributed by atoms with Crippen molar-refractivity contribution in [2.75, 3.05) is 11.9 Å². The van der Waals surface area contributed by atoms with E-state index in [1.165, 1.54) is 0 Å². The minimum atomic E-state index is -0.278. The number of benzene rings is 2. The molecule has 1 aromatic heterocycles. The summed E-state index contributed by atoms with van der Waals surface area (Å²) in [6, 6.07) is 19.1. The van der Waals surface area contributed by atoms with Crippen molar-refractivity contribution in [2.24, 2.45) is 7.05 Å². The molecule has 3 rings (SSSR count). The van der Waals surface area contributed by atoms with Crippen molar-refractivity contribution in [3.8, 4) is 11.3 Å². The molecule has 0 radical (unpaired) electrons. The van der Waals surface area contributed by atoms with Crippen LogP contribution in [-0.4, -0.2) is 22.4 Å². The largest absolute Gasteiger partial charge is 0.337 e. The van der Waals surface area contributed by atoms with Crippen molar-refractivity contribution < 1.29 is 4.79 Å². The van der Waals surface area contributed by atoms with Gasteiger partial charge in [-0.1, -0.05) is 54.1 Å². The van der Waals surface area contributed by atoms with Crippen LogP contribution < -0.4 is 10.6 Å². The smallest absolute Gasteiger partial charge is 0.320 e. The van der Waals surface area contributed by atoms with Crippen LogP contribution in [0.15, 0.2) is 60.7 Å². The molecule has 5 nitrogen and oxygen atoms in total. The highest BCUT2D eigenvalue weighted by molar-refractivity contribution is 6.30. The van der Waals surface area contributed by atoms with Crippen molar-refractivity contribution in [1.29, 1.82) is 0 Å². The van der Waals surface area contributed by atoms with Gasteiger partial charge in [-0.15, -0.1) is 0 Å². The Morgan fingerprint density at radius 1 is 1.12 bits per heavy atom. The number of halogens is 1. The number of carbonyl (C=O) groups is 1. The van der Waals surface area contributed by atoms with E-state index in [9.17, 15) is 4.79 Å². The Morgan fingerprint density at radius 3 is 2.68 bits per heavy atom. The molecule has 0 saturated carbocycles. The van der Waals surface area contributed by atoms with E-state index >= 15 is 0 Å². The highest BCUT2D eigenvalue weighted by atomic mass is 35.5. The third kappa shape index (κ3) is 4.61. The lowest BCUT2D eigenvalue weighted by atomic mass is 10.1. The van der Waals surface area contributed by atoms with Crippen LogP contribution in [0.4, 0.5) is 10.6 Å². The molecule has 0 aliphatic rings. The summed E-state index contributed by atoms with van der Waals surface area (Å²) < 4.78 is 1.75. The van der Waals surface area contributed by atoms with Crippen molar-refractivity contribution in [2.45, 2.75) is 6.42 Å². The molecule has 0 unspecified atom stereocenters. The summed E-state index contributed by atoms with van der Waals surface area (Å²) >= 11 is 5.95. The number of anilines is 1. The summed E-state index contributed by atoms with van der Waals surface area (Å²) in [6.07, 6.45) is 0.714. The summed E-state index contributed by atoms with van der Waals surface area (Å²) in [4.78, 5) is 12.0. The van der Waals surface area contributed by atoms with Crippen LogP contribution >= 0.6 is 11.6 Å². The van der Waals surface area contributed by atoms with E-state index in [2.05, 4.69) is 15.7 Å². The number of rotatable bonds is 5. The van der Waals surface area contributed by atoms with E-state index in [1.807, 2.05) is 67.7 Å². The van der Waals surface area contributed by atoms with Crippen molar-refractivity contribution >= 4 is 23.4 Å². The number of amides is 2. The summed E-state index contributed by atoms with van der Waals surface area (Å²) in [5, 5.41) is 10.6. The van der Waals surface area contributed by atoms with E-state index < -0.39 is 0 Å². The minimum absolute atomic E-state index is 0.278. The van der Waals surface area contributed by atoms with Gasteiger partial charge in [-0.25, -0.2) is 4.79 Å². The van der Waals surface area contributed by atoms with Crippen molar-refractivity contribution in [1.82, 2.24) is 15.1 Å². The molecule has 0 bridgehead atoms. The fraction of sp³-hybridized carbons (Fsp3) is 0.158. The monoisotopic (exact) mass is 354 g/mol. The molecular formula is C19H19ClN4O. The highest BCUT2D eigenvalue weighted by Crippen LogP contribution is 2.21. The molecular weight excluding hydrogens is 336 g/mol. The summed E-state index contributed by atoms with van der Waals surface area (Å²) in [6.45, 7) is 0.518. The maximum Gasteiger partial charge on any atom is 0.320 e. The van der Waals surface area contributed by atoms with Gasteiger partial charge in [-0.3, -0.25) is 10.00 Å². The lowest BCUT2D eigenvalue weighted by Crippen LogP contribution is -2.30. The SMILES string of the molecule is Cn1nc(NC(=O)NCCc2cccc(Cl)c2)cc1-c1ccccc1. The fourth-order valence-corrected chi connectivity index (χ4v) is 2.79. The van der Waals surface area contributed by atoms with Gasteiger partial charge in [0, 0.05) is 24.7 Å². The molecule has 2 amide bonds. The van der Waals surface area contributed by atoms with E-state index in [4.69, 9.17) is 11.6 Å². The number of aromatic nitrogens is 2. The van der Waals surface area contributed by atoms with Crippen LogP contribution in [0.1, 0.15) is 5.56 Å². The first-order chi connectivity index (χ1) is 12.1. The first-order valence-corrected chi connectivity index (χ1v) is 8.38. The normalized spacial score (nSPS) is 10.5. The Kier molecular flexibility index (Phi) is 5.36. The number of aryl methyl sites for hydroxylation is 1. The third-order valence-electron chi connectivity index (χ3n) is 3.78. The first kappa shape index (κ1) is 17.0. The predicted octanol–water partition coefficient (Wildman–Crippen LogP) is 4.10. The van der Waals surface area contributed by atoms with Gasteiger partial charge in [0.2, 0.25) is 0 Å². The molecule has 0 saturated heterocycles. The third-order valence-corrected chi connectivity index (χ3v) is 4.01. The number of nitrogens with one attached hydrogen (secondary N) is 2. The van der Waals surface area contributed by atoms with E-state index in [-0.39, 0.29) is 6.03 Å². The number of hydrogen-bond acceptors (Lipinski definition) is 2. The van der Waals surface area contributed by atoms with Gasteiger partial charge >= 0.3 is 6.03 Å². The van der Waals surface area contributed by atoms with Gasteiger partial charge in [0.25, 0.3) is 0 Å².